The standard InChI is InChI=1S/C23H26N2O2/c1-18-17-19(27-24-18)11-5-3-2-4-10-16-26-25-22-14-8-6-12-20(22)21-13-7-9-15-23(21)25/h6-9,12-15,17H,2-5,10-11,16H2,1H3. The fourth-order valence-corrected chi connectivity index (χ4v) is 3.65. The van der Waals surface area contributed by atoms with E-state index in [9.17, 15) is 0 Å². The van der Waals surface area contributed by atoms with Gasteiger partial charge < -0.3 is 9.36 Å². The van der Waals surface area contributed by atoms with E-state index in [2.05, 4.69) is 53.7 Å². The molecule has 27 heavy (non-hydrogen) atoms. The Labute approximate surface area is 159 Å². The van der Waals surface area contributed by atoms with Crippen LogP contribution >= 0.6 is 0 Å². The Hall–Kier alpha value is -2.75. The van der Waals surface area contributed by atoms with Gasteiger partial charge in [0.15, 0.2) is 0 Å². The minimum absolute atomic E-state index is 0.740. The highest BCUT2D eigenvalue weighted by Crippen LogP contribution is 2.27. The molecule has 0 N–H and O–H groups in total. The third-order valence-electron chi connectivity index (χ3n) is 5.00. The quantitative estimate of drug-likeness (QED) is 0.358. The number of fused-ring (bicyclic) bond motifs is 3. The van der Waals surface area contributed by atoms with Crippen LogP contribution in [0.5, 0.6) is 0 Å². The maximum atomic E-state index is 6.14. The lowest BCUT2D eigenvalue weighted by atomic mass is 10.1. The third-order valence-corrected chi connectivity index (χ3v) is 5.00. The second-order valence-electron chi connectivity index (χ2n) is 7.11. The summed E-state index contributed by atoms with van der Waals surface area (Å²) >= 11 is 0. The lowest BCUT2D eigenvalue weighted by Crippen LogP contribution is -2.12. The molecular formula is C23H26N2O2. The number of unbranched alkanes of at least 4 members (excludes halogenated alkanes) is 4. The van der Waals surface area contributed by atoms with E-state index in [1.807, 2.05) is 17.7 Å². The zero-order chi connectivity index (χ0) is 18.5. The van der Waals surface area contributed by atoms with Crippen LogP contribution in [0, 0.1) is 6.92 Å². The van der Waals surface area contributed by atoms with Crippen molar-refractivity contribution in [2.24, 2.45) is 0 Å². The molecule has 0 fully saturated rings. The molecule has 0 unspecified atom stereocenters. The van der Waals surface area contributed by atoms with E-state index in [1.165, 1.54) is 30.0 Å². The van der Waals surface area contributed by atoms with Crippen LogP contribution in [0.4, 0.5) is 0 Å². The molecule has 0 saturated heterocycles. The van der Waals surface area contributed by atoms with Crippen LogP contribution in [0.15, 0.2) is 59.1 Å². The van der Waals surface area contributed by atoms with Crippen LogP contribution in [0.3, 0.4) is 0 Å². The van der Waals surface area contributed by atoms with Gasteiger partial charge in [0, 0.05) is 23.3 Å². The monoisotopic (exact) mass is 362 g/mol. The summed E-state index contributed by atoms with van der Waals surface area (Å²) in [7, 11) is 0. The van der Waals surface area contributed by atoms with Crippen molar-refractivity contribution in [2.45, 2.75) is 45.4 Å². The molecule has 0 bridgehead atoms. The van der Waals surface area contributed by atoms with Crippen LogP contribution in [-0.2, 0) is 6.42 Å². The minimum Gasteiger partial charge on any atom is -0.413 e. The van der Waals surface area contributed by atoms with E-state index < -0.39 is 0 Å². The number of benzene rings is 2. The van der Waals surface area contributed by atoms with E-state index in [1.54, 1.807) is 0 Å². The molecule has 0 saturated carbocycles. The van der Waals surface area contributed by atoms with Crippen molar-refractivity contribution in [2.75, 3.05) is 6.61 Å². The van der Waals surface area contributed by atoms with Crippen LogP contribution in [0.2, 0.25) is 0 Å². The van der Waals surface area contributed by atoms with Crippen molar-refractivity contribution < 1.29 is 9.36 Å². The number of hydrogen-bond acceptors (Lipinski definition) is 3. The van der Waals surface area contributed by atoms with Gasteiger partial charge in [0.1, 0.15) is 12.4 Å². The Morgan fingerprint density at radius 3 is 2.15 bits per heavy atom. The molecule has 0 aliphatic rings. The number of nitrogens with zero attached hydrogens (tertiary/aromatic N) is 2. The van der Waals surface area contributed by atoms with Gasteiger partial charge in [-0.15, -0.1) is 0 Å². The average Bonchev–Trinajstić information content (AvgIpc) is 3.25. The second kappa shape index (κ2) is 8.30. The molecular weight excluding hydrogens is 336 g/mol. The van der Waals surface area contributed by atoms with E-state index in [4.69, 9.17) is 9.36 Å². The maximum Gasteiger partial charge on any atom is 0.136 e. The Bertz CT molecular complexity index is 962. The molecule has 4 heteroatoms. The van der Waals surface area contributed by atoms with Crippen molar-refractivity contribution in [3.05, 3.63) is 66.1 Å². The summed E-state index contributed by atoms with van der Waals surface area (Å²) in [6.07, 6.45) is 6.84. The number of hydrogen-bond donors (Lipinski definition) is 0. The first-order chi connectivity index (χ1) is 13.3. The molecule has 4 aromatic rings. The van der Waals surface area contributed by atoms with Gasteiger partial charge in [-0.3, -0.25) is 0 Å². The van der Waals surface area contributed by atoms with Crippen LogP contribution < -0.4 is 4.84 Å². The molecule has 140 valence electrons. The van der Waals surface area contributed by atoms with Crippen molar-refractivity contribution in [3.63, 3.8) is 0 Å². The lowest BCUT2D eigenvalue weighted by molar-refractivity contribution is 0.125. The van der Waals surface area contributed by atoms with Gasteiger partial charge in [-0.1, -0.05) is 54.4 Å². The van der Waals surface area contributed by atoms with Crippen molar-refractivity contribution in [1.29, 1.82) is 0 Å². The molecule has 0 aliphatic heterocycles. The van der Waals surface area contributed by atoms with E-state index in [0.29, 0.717) is 0 Å². The van der Waals surface area contributed by atoms with Gasteiger partial charge in [0.25, 0.3) is 0 Å². The lowest BCUT2D eigenvalue weighted by Gasteiger charge is -2.09. The van der Waals surface area contributed by atoms with Gasteiger partial charge >= 0.3 is 0 Å². The molecule has 0 radical (unpaired) electrons. The van der Waals surface area contributed by atoms with E-state index >= 15 is 0 Å². The summed E-state index contributed by atoms with van der Waals surface area (Å²) in [4.78, 5) is 6.14. The molecule has 2 heterocycles. The normalized spacial score (nSPS) is 11.4. The highest BCUT2D eigenvalue weighted by Gasteiger charge is 2.10. The van der Waals surface area contributed by atoms with Gasteiger partial charge in [-0.25, -0.2) is 0 Å². The first-order valence-corrected chi connectivity index (χ1v) is 9.86. The molecule has 4 nitrogen and oxygen atoms in total. The van der Waals surface area contributed by atoms with Gasteiger partial charge in [-0.2, -0.15) is 4.73 Å². The van der Waals surface area contributed by atoms with Crippen molar-refractivity contribution >= 4 is 21.8 Å². The van der Waals surface area contributed by atoms with E-state index in [0.717, 1.165) is 48.4 Å². The zero-order valence-corrected chi connectivity index (χ0v) is 15.9. The van der Waals surface area contributed by atoms with Crippen molar-refractivity contribution in [3.8, 4) is 0 Å². The SMILES string of the molecule is Cc1cc(CCCCCCCOn2c3ccccc3c3ccccc32)on1. The Morgan fingerprint density at radius 1 is 0.852 bits per heavy atom. The molecule has 0 spiro atoms. The first-order valence-electron chi connectivity index (χ1n) is 9.86. The Kier molecular flexibility index (Phi) is 5.42. The fraction of sp³-hybridized carbons (Fsp3) is 0.348. The topological polar surface area (TPSA) is 40.2 Å². The summed E-state index contributed by atoms with van der Waals surface area (Å²) in [6.45, 7) is 2.70. The fourth-order valence-electron chi connectivity index (χ4n) is 3.65. The van der Waals surface area contributed by atoms with Crippen molar-refractivity contribution in [1.82, 2.24) is 9.89 Å². The van der Waals surface area contributed by atoms with Gasteiger partial charge in [0.05, 0.1) is 16.7 Å². The number of aromatic nitrogens is 2. The van der Waals surface area contributed by atoms with E-state index in [-0.39, 0.29) is 0 Å². The number of aryl methyl sites for hydroxylation is 2. The number of para-hydroxylation sites is 2. The predicted octanol–water partition coefficient (Wildman–Crippen LogP) is 5.71. The molecule has 4 rings (SSSR count). The molecule has 0 atom stereocenters. The number of rotatable bonds is 9. The third kappa shape index (κ3) is 4.00. The summed E-state index contributed by atoms with van der Waals surface area (Å²) in [5.74, 6) is 1.00. The molecule has 0 aliphatic carbocycles. The smallest absolute Gasteiger partial charge is 0.136 e. The van der Waals surface area contributed by atoms with Crippen LogP contribution in [0.25, 0.3) is 21.8 Å². The van der Waals surface area contributed by atoms with Gasteiger partial charge in [0.2, 0.25) is 0 Å². The predicted molar refractivity (Wildman–Crippen MR) is 109 cm³/mol. The highest BCUT2D eigenvalue weighted by molar-refractivity contribution is 6.07. The zero-order valence-electron chi connectivity index (χ0n) is 15.9. The first kappa shape index (κ1) is 17.7. The highest BCUT2D eigenvalue weighted by atomic mass is 16.7. The largest absolute Gasteiger partial charge is 0.413 e. The van der Waals surface area contributed by atoms with Gasteiger partial charge in [-0.05, 0) is 38.3 Å². The summed E-state index contributed by atoms with van der Waals surface area (Å²) in [5, 5.41) is 6.42. The molecule has 2 aromatic heterocycles. The minimum atomic E-state index is 0.740. The second-order valence-corrected chi connectivity index (χ2v) is 7.11. The van der Waals surface area contributed by atoms with Crippen LogP contribution in [0.1, 0.15) is 43.6 Å². The summed E-state index contributed by atoms with van der Waals surface area (Å²) < 4.78 is 7.25. The maximum absolute atomic E-state index is 6.14. The summed E-state index contributed by atoms with van der Waals surface area (Å²) in [5.41, 5.74) is 3.24. The Morgan fingerprint density at radius 2 is 1.48 bits per heavy atom. The average molecular weight is 362 g/mol. The Balaban J connectivity index is 1.24. The van der Waals surface area contributed by atoms with Crippen LogP contribution in [-0.4, -0.2) is 16.5 Å². The molecule has 2 aromatic carbocycles. The summed E-state index contributed by atoms with van der Waals surface area (Å²) in [6, 6.07) is 18.9. The molecule has 0 amide bonds.